The number of carbonyl (C=O) groups excluding carboxylic acids is 1. The number of halogens is 2. The van der Waals surface area contributed by atoms with E-state index in [2.05, 4.69) is 42.4 Å². The number of nitrogens with zero attached hydrogens (tertiary/aromatic N) is 1. The Morgan fingerprint density at radius 1 is 1.45 bits per heavy atom. The number of nitrogens with one attached hydrogen (secondary N) is 1. The van der Waals surface area contributed by atoms with E-state index in [1.54, 1.807) is 24.3 Å². The van der Waals surface area contributed by atoms with Crippen molar-refractivity contribution in [1.82, 2.24) is 5.43 Å². The molecule has 0 aliphatic heterocycles. The van der Waals surface area contributed by atoms with Gasteiger partial charge in [0.05, 0.1) is 24.1 Å². The minimum Gasteiger partial charge on any atom is -0.493 e. The van der Waals surface area contributed by atoms with Gasteiger partial charge < -0.3 is 13.9 Å². The van der Waals surface area contributed by atoms with Crippen LogP contribution in [0.3, 0.4) is 0 Å². The van der Waals surface area contributed by atoms with Crippen LogP contribution in [0.2, 0.25) is 0 Å². The third-order valence-electron chi connectivity index (χ3n) is 2.47. The van der Waals surface area contributed by atoms with Crippen LogP contribution in [0.4, 0.5) is 0 Å². The lowest BCUT2D eigenvalue weighted by Crippen LogP contribution is -2.24. The zero-order valence-corrected chi connectivity index (χ0v) is 14.7. The molecule has 0 atom stereocenters. The average Bonchev–Trinajstić information content (AvgIpc) is 2.98. The summed E-state index contributed by atoms with van der Waals surface area (Å²) in [6.07, 6.45) is 2.91. The van der Waals surface area contributed by atoms with Gasteiger partial charge in [0.2, 0.25) is 0 Å². The average molecular weight is 432 g/mol. The Morgan fingerprint density at radius 2 is 2.27 bits per heavy atom. The van der Waals surface area contributed by atoms with E-state index in [1.807, 2.05) is 0 Å². The summed E-state index contributed by atoms with van der Waals surface area (Å²) >= 11 is 6.71. The number of hydrazone groups is 1. The molecule has 0 fully saturated rings. The van der Waals surface area contributed by atoms with Crippen LogP contribution in [0.5, 0.6) is 11.5 Å². The van der Waals surface area contributed by atoms with Crippen LogP contribution in [-0.4, -0.2) is 25.8 Å². The summed E-state index contributed by atoms with van der Waals surface area (Å²) < 4.78 is 17.2. The van der Waals surface area contributed by atoms with E-state index in [9.17, 15) is 4.79 Å². The van der Waals surface area contributed by atoms with Crippen molar-refractivity contribution in [2.24, 2.45) is 5.10 Å². The summed E-state index contributed by atoms with van der Waals surface area (Å²) in [7, 11) is 1.52. The summed E-state index contributed by atoms with van der Waals surface area (Å²) in [4.78, 5) is 11.7. The van der Waals surface area contributed by atoms with Crippen LogP contribution in [-0.2, 0) is 4.79 Å². The molecule has 2 rings (SSSR count). The van der Waals surface area contributed by atoms with Crippen molar-refractivity contribution in [1.29, 1.82) is 0 Å². The zero-order valence-electron chi connectivity index (χ0n) is 11.5. The largest absolute Gasteiger partial charge is 0.493 e. The molecule has 116 valence electrons. The third kappa shape index (κ3) is 4.60. The highest BCUT2D eigenvalue weighted by Crippen LogP contribution is 2.38. The molecule has 0 saturated heterocycles. The van der Waals surface area contributed by atoms with Gasteiger partial charge in [-0.05, 0) is 40.2 Å². The van der Waals surface area contributed by atoms with Gasteiger partial charge in [-0.3, -0.25) is 4.79 Å². The Morgan fingerprint density at radius 3 is 2.95 bits per heavy atom. The molecule has 1 amide bonds. The number of carbonyl (C=O) groups is 1. The fraction of sp³-hybridized carbons (Fsp3) is 0.143. The minimum atomic E-state index is -0.403. The first-order valence-electron chi connectivity index (χ1n) is 6.11. The highest BCUT2D eigenvalue weighted by atomic mass is 79.9. The molecule has 2 aromatic rings. The predicted molar refractivity (Wildman–Crippen MR) is 88.3 cm³/mol. The molecule has 6 nitrogen and oxygen atoms in total. The maximum atomic E-state index is 11.7. The number of rotatable bonds is 6. The Bertz CT molecular complexity index is 672. The Kier molecular flexibility index (Phi) is 6.02. The lowest BCUT2D eigenvalue weighted by atomic mass is 10.3. The van der Waals surface area contributed by atoms with E-state index < -0.39 is 5.91 Å². The van der Waals surface area contributed by atoms with Crippen LogP contribution in [0.25, 0.3) is 0 Å². The van der Waals surface area contributed by atoms with Crippen LogP contribution < -0.4 is 14.9 Å². The van der Waals surface area contributed by atoms with Crippen molar-refractivity contribution >= 4 is 44.0 Å². The first-order chi connectivity index (χ1) is 10.6. The van der Waals surface area contributed by atoms with Crippen molar-refractivity contribution in [2.45, 2.75) is 0 Å². The SMILES string of the molecule is COc1cc(Br)cc(Br)c1OCC(=O)NN=Cc1ccco1. The van der Waals surface area contributed by atoms with Crippen LogP contribution >= 0.6 is 31.9 Å². The second-order valence-corrected chi connectivity index (χ2v) is 5.79. The summed E-state index contributed by atoms with van der Waals surface area (Å²) in [6.45, 7) is -0.202. The molecule has 0 spiro atoms. The number of benzene rings is 1. The van der Waals surface area contributed by atoms with Crippen molar-refractivity contribution in [3.05, 3.63) is 45.2 Å². The van der Waals surface area contributed by atoms with Gasteiger partial charge in [-0.2, -0.15) is 5.10 Å². The lowest BCUT2D eigenvalue weighted by molar-refractivity contribution is -0.123. The number of methoxy groups -OCH3 is 1. The molecular weight excluding hydrogens is 420 g/mol. The van der Waals surface area contributed by atoms with Crippen molar-refractivity contribution < 1.29 is 18.7 Å². The van der Waals surface area contributed by atoms with E-state index in [0.29, 0.717) is 21.7 Å². The van der Waals surface area contributed by atoms with Gasteiger partial charge in [-0.15, -0.1) is 0 Å². The smallest absolute Gasteiger partial charge is 0.277 e. The molecule has 0 unspecified atom stereocenters. The van der Waals surface area contributed by atoms with Gasteiger partial charge in [-0.25, -0.2) is 5.43 Å². The number of amides is 1. The van der Waals surface area contributed by atoms with Crippen LogP contribution in [0, 0.1) is 0 Å². The molecule has 1 aromatic heterocycles. The van der Waals surface area contributed by atoms with Gasteiger partial charge in [0, 0.05) is 4.47 Å². The van der Waals surface area contributed by atoms with Gasteiger partial charge in [0.15, 0.2) is 18.1 Å². The molecule has 1 N–H and O–H groups in total. The van der Waals surface area contributed by atoms with E-state index in [0.717, 1.165) is 4.47 Å². The van der Waals surface area contributed by atoms with Gasteiger partial charge >= 0.3 is 0 Å². The fourth-order valence-electron chi connectivity index (χ4n) is 1.53. The van der Waals surface area contributed by atoms with Gasteiger partial charge in [-0.1, -0.05) is 15.9 Å². The monoisotopic (exact) mass is 430 g/mol. The number of ether oxygens (including phenoxy) is 2. The third-order valence-corrected chi connectivity index (χ3v) is 3.51. The summed E-state index contributed by atoms with van der Waals surface area (Å²) in [5, 5.41) is 3.76. The molecule has 0 aliphatic carbocycles. The number of furan rings is 1. The normalized spacial score (nSPS) is 10.7. The van der Waals surface area contributed by atoms with E-state index in [-0.39, 0.29) is 6.61 Å². The fourth-order valence-corrected chi connectivity index (χ4v) is 2.83. The maximum absolute atomic E-state index is 11.7. The highest BCUT2D eigenvalue weighted by Gasteiger charge is 2.12. The first kappa shape index (κ1) is 16.6. The van der Waals surface area contributed by atoms with Crippen molar-refractivity contribution in [3.8, 4) is 11.5 Å². The Labute approximate surface area is 143 Å². The molecule has 1 heterocycles. The molecular formula is C14H12Br2N2O4. The number of hydrogen-bond donors (Lipinski definition) is 1. The van der Waals surface area contributed by atoms with Crippen LogP contribution in [0.1, 0.15) is 5.76 Å². The molecule has 1 aromatic carbocycles. The summed E-state index contributed by atoms with van der Waals surface area (Å²) in [6, 6.07) is 6.98. The van der Waals surface area contributed by atoms with Crippen LogP contribution in [0.15, 0.2) is 49.0 Å². The van der Waals surface area contributed by atoms with Crippen molar-refractivity contribution in [2.75, 3.05) is 13.7 Å². The van der Waals surface area contributed by atoms with E-state index in [1.165, 1.54) is 19.6 Å². The van der Waals surface area contributed by atoms with E-state index >= 15 is 0 Å². The Balaban J connectivity index is 1.91. The van der Waals surface area contributed by atoms with Gasteiger partial charge in [0.25, 0.3) is 5.91 Å². The lowest BCUT2D eigenvalue weighted by Gasteiger charge is -2.12. The van der Waals surface area contributed by atoms with Crippen molar-refractivity contribution in [3.63, 3.8) is 0 Å². The first-order valence-corrected chi connectivity index (χ1v) is 7.70. The standard InChI is InChI=1S/C14H12Br2N2O4/c1-20-12-6-9(15)5-11(16)14(12)22-8-13(19)18-17-7-10-3-2-4-21-10/h2-7H,8H2,1H3,(H,18,19). The maximum Gasteiger partial charge on any atom is 0.277 e. The zero-order chi connectivity index (χ0) is 15.9. The molecule has 22 heavy (non-hydrogen) atoms. The summed E-state index contributed by atoms with van der Waals surface area (Å²) in [5.41, 5.74) is 2.34. The molecule has 0 bridgehead atoms. The molecule has 0 saturated carbocycles. The molecule has 0 aliphatic rings. The Hall–Kier alpha value is -1.80. The molecule has 0 radical (unpaired) electrons. The summed E-state index contributed by atoms with van der Waals surface area (Å²) in [5.74, 6) is 1.09. The predicted octanol–water partition coefficient (Wildman–Crippen LogP) is 3.34. The second-order valence-electron chi connectivity index (χ2n) is 4.02. The number of hydrogen-bond acceptors (Lipinski definition) is 5. The van der Waals surface area contributed by atoms with E-state index in [4.69, 9.17) is 13.9 Å². The second kappa shape index (κ2) is 8.00. The molecule has 8 heteroatoms. The highest BCUT2D eigenvalue weighted by molar-refractivity contribution is 9.11. The minimum absolute atomic E-state index is 0.202. The quantitative estimate of drug-likeness (QED) is 0.562. The van der Waals surface area contributed by atoms with Gasteiger partial charge in [0.1, 0.15) is 5.76 Å². The topological polar surface area (TPSA) is 73.1 Å².